The number of benzene rings is 2. The molecule has 3 N–H and O–H groups in total. The number of rotatable bonds is 5. The Morgan fingerprint density at radius 3 is 2.46 bits per heavy atom. The second kappa shape index (κ2) is 8.16. The van der Waals surface area contributed by atoms with Gasteiger partial charge in [-0.25, -0.2) is 4.98 Å². The summed E-state index contributed by atoms with van der Waals surface area (Å²) in [6.45, 7) is 2.12. The average molecular weight is 346 g/mol. The zero-order chi connectivity index (χ0) is 18.4. The number of pyridine rings is 1. The fraction of sp³-hybridized carbons (Fsp3) is 0.143. The zero-order valence-electron chi connectivity index (χ0n) is 14.9. The molecule has 0 fully saturated rings. The first-order valence-electron chi connectivity index (χ1n) is 8.42. The van der Waals surface area contributed by atoms with Gasteiger partial charge in [-0.15, -0.1) is 0 Å². The Morgan fingerprint density at radius 1 is 1.04 bits per heavy atom. The van der Waals surface area contributed by atoms with Crippen LogP contribution in [0.25, 0.3) is 0 Å². The first-order chi connectivity index (χ1) is 12.7. The Hall–Kier alpha value is -3.34. The van der Waals surface area contributed by atoms with Crippen molar-refractivity contribution >= 4 is 17.5 Å². The molecule has 1 aromatic heterocycles. The van der Waals surface area contributed by atoms with Crippen LogP contribution in [-0.2, 0) is 0 Å². The zero-order valence-corrected chi connectivity index (χ0v) is 14.9. The van der Waals surface area contributed by atoms with Gasteiger partial charge in [0.15, 0.2) is 11.8 Å². The van der Waals surface area contributed by atoms with Crippen molar-refractivity contribution in [1.29, 1.82) is 0 Å². The van der Waals surface area contributed by atoms with Gasteiger partial charge in [-0.2, -0.15) is 4.99 Å². The number of hydrogen-bond donors (Lipinski definition) is 2. The van der Waals surface area contributed by atoms with E-state index >= 15 is 0 Å². The van der Waals surface area contributed by atoms with Crippen molar-refractivity contribution in [3.8, 4) is 5.75 Å². The van der Waals surface area contributed by atoms with Crippen LogP contribution in [0.1, 0.15) is 24.0 Å². The molecule has 2 aromatic carbocycles. The number of nitrogens with zero attached hydrogens (tertiary/aromatic N) is 2. The summed E-state index contributed by atoms with van der Waals surface area (Å²) >= 11 is 0. The van der Waals surface area contributed by atoms with Gasteiger partial charge in [-0.05, 0) is 35.9 Å². The van der Waals surface area contributed by atoms with Crippen LogP contribution in [0.5, 0.6) is 5.75 Å². The number of methoxy groups -OCH3 is 1. The number of nitrogens with two attached hydrogens (primary N) is 1. The van der Waals surface area contributed by atoms with E-state index in [1.54, 1.807) is 13.3 Å². The van der Waals surface area contributed by atoms with Crippen LogP contribution in [0.4, 0.5) is 11.5 Å². The predicted molar refractivity (Wildman–Crippen MR) is 106 cm³/mol. The molecule has 1 atom stereocenters. The van der Waals surface area contributed by atoms with Crippen LogP contribution in [-0.4, -0.2) is 18.1 Å². The molecule has 0 amide bonds. The monoisotopic (exact) mass is 346 g/mol. The SMILES string of the molecule is COc1ccc(C(C)c2cccnc2N=C(N)Nc2ccccc2)cc1. The molecule has 0 spiro atoms. The number of hydrogen-bond acceptors (Lipinski definition) is 3. The molecular weight excluding hydrogens is 324 g/mol. The lowest BCUT2D eigenvalue weighted by molar-refractivity contribution is 0.414. The number of aromatic nitrogens is 1. The molecule has 0 bridgehead atoms. The molecule has 0 radical (unpaired) electrons. The van der Waals surface area contributed by atoms with E-state index in [1.807, 2.05) is 54.6 Å². The summed E-state index contributed by atoms with van der Waals surface area (Å²) < 4.78 is 5.23. The second-order valence-electron chi connectivity index (χ2n) is 5.90. The highest BCUT2D eigenvalue weighted by atomic mass is 16.5. The number of nitrogens with one attached hydrogen (secondary N) is 1. The summed E-state index contributed by atoms with van der Waals surface area (Å²) in [5.41, 5.74) is 9.12. The first kappa shape index (κ1) is 17.5. The van der Waals surface area contributed by atoms with Crippen LogP contribution in [0.3, 0.4) is 0 Å². The quantitative estimate of drug-likeness (QED) is 0.534. The molecule has 0 aliphatic rings. The topological polar surface area (TPSA) is 72.5 Å². The third kappa shape index (κ3) is 4.19. The van der Waals surface area contributed by atoms with Gasteiger partial charge in [-0.1, -0.05) is 43.3 Å². The lowest BCUT2D eigenvalue weighted by Crippen LogP contribution is -2.22. The van der Waals surface area contributed by atoms with Gasteiger partial charge in [0.2, 0.25) is 0 Å². The summed E-state index contributed by atoms with van der Waals surface area (Å²) in [4.78, 5) is 8.89. The summed E-state index contributed by atoms with van der Waals surface area (Å²) in [5.74, 6) is 1.87. The second-order valence-corrected chi connectivity index (χ2v) is 5.90. The van der Waals surface area contributed by atoms with E-state index in [0.717, 1.165) is 22.6 Å². The normalized spacial score (nSPS) is 12.5. The molecule has 3 rings (SSSR count). The largest absolute Gasteiger partial charge is 0.497 e. The fourth-order valence-corrected chi connectivity index (χ4v) is 2.72. The lowest BCUT2D eigenvalue weighted by Gasteiger charge is -2.15. The summed E-state index contributed by atoms with van der Waals surface area (Å²) in [6, 6.07) is 21.6. The van der Waals surface area contributed by atoms with E-state index in [-0.39, 0.29) is 5.92 Å². The Kier molecular flexibility index (Phi) is 5.49. The molecule has 0 aliphatic heterocycles. The number of ether oxygens (including phenoxy) is 1. The van der Waals surface area contributed by atoms with Crippen LogP contribution >= 0.6 is 0 Å². The smallest absolute Gasteiger partial charge is 0.199 e. The molecule has 5 heteroatoms. The molecule has 1 unspecified atom stereocenters. The first-order valence-corrected chi connectivity index (χ1v) is 8.42. The van der Waals surface area contributed by atoms with Crippen molar-refractivity contribution in [3.05, 3.63) is 84.1 Å². The number of anilines is 1. The molecular formula is C21H22N4O. The van der Waals surface area contributed by atoms with Crippen LogP contribution in [0.15, 0.2) is 77.9 Å². The molecule has 26 heavy (non-hydrogen) atoms. The molecule has 5 nitrogen and oxygen atoms in total. The highest BCUT2D eigenvalue weighted by Crippen LogP contribution is 2.31. The highest BCUT2D eigenvalue weighted by Gasteiger charge is 2.14. The number of guanidine groups is 1. The maximum absolute atomic E-state index is 6.07. The molecule has 132 valence electrons. The molecule has 1 heterocycles. The Morgan fingerprint density at radius 2 is 1.77 bits per heavy atom. The summed E-state index contributed by atoms with van der Waals surface area (Å²) in [6.07, 6.45) is 1.72. The number of para-hydroxylation sites is 1. The van der Waals surface area contributed by atoms with Crippen LogP contribution in [0, 0.1) is 0 Å². The van der Waals surface area contributed by atoms with E-state index in [4.69, 9.17) is 10.5 Å². The standard InChI is InChI=1S/C21H22N4O/c1-15(16-10-12-18(26-2)13-11-16)19-9-6-14-23-20(19)25-21(22)24-17-7-4-3-5-8-17/h3-15H,1-2H3,(H3,22,23,24,25). The van der Waals surface area contributed by atoms with Crippen molar-refractivity contribution in [3.63, 3.8) is 0 Å². The average Bonchev–Trinajstić information content (AvgIpc) is 2.68. The highest BCUT2D eigenvalue weighted by molar-refractivity contribution is 5.93. The maximum Gasteiger partial charge on any atom is 0.199 e. The third-order valence-electron chi connectivity index (χ3n) is 4.17. The van der Waals surface area contributed by atoms with Gasteiger partial charge in [0.05, 0.1) is 7.11 Å². The van der Waals surface area contributed by atoms with Crippen LogP contribution < -0.4 is 15.8 Å². The summed E-state index contributed by atoms with van der Waals surface area (Å²) in [5, 5.41) is 3.08. The Labute approximate surface area is 153 Å². The van der Waals surface area contributed by atoms with E-state index in [1.165, 1.54) is 0 Å². The number of aliphatic imine (C=N–C) groups is 1. The van der Waals surface area contributed by atoms with Crippen molar-refractivity contribution in [1.82, 2.24) is 4.98 Å². The van der Waals surface area contributed by atoms with Gasteiger partial charge in [0, 0.05) is 23.4 Å². The maximum atomic E-state index is 6.07. The molecule has 3 aromatic rings. The van der Waals surface area contributed by atoms with Crippen molar-refractivity contribution in [2.24, 2.45) is 10.7 Å². The Balaban J connectivity index is 1.86. The van der Waals surface area contributed by atoms with Gasteiger partial charge in [-0.3, -0.25) is 0 Å². The molecule has 0 aliphatic carbocycles. The van der Waals surface area contributed by atoms with Crippen LogP contribution in [0.2, 0.25) is 0 Å². The molecule has 0 saturated heterocycles. The van der Waals surface area contributed by atoms with Gasteiger partial charge in [0.25, 0.3) is 0 Å². The third-order valence-corrected chi connectivity index (χ3v) is 4.17. The summed E-state index contributed by atoms with van der Waals surface area (Å²) in [7, 11) is 1.66. The van der Waals surface area contributed by atoms with Crippen molar-refractivity contribution in [2.75, 3.05) is 12.4 Å². The van der Waals surface area contributed by atoms with E-state index < -0.39 is 0 Å². The van der Waals surface area contributed by atoms with E-state index in [9.17, 15) is 0 Å². The van der Waals surface area contributed by atoms with Crippen molar-refractivity contribution < 1.29 is 4.74 Å². The minimum absolute atomic E-state index is 0.123. The van der Waals surface area contributed by atoms with Crippen molar-refractivity contribution in [2.45, 2.75) is 12.8 Å². The van der Waals surface area contributed by atoms with E-state index in [0.29, 0.717) is 11.8 Å². The minimum Gasteiger partial charge on any atom is -0.497 e. The molecule has 0 saturated carbocycles. The minimum atomic E-state index is 0.123. The van der Waals surface area contributed by atoms with Gasteiger partial charge >= 0.3 is 0 Å². The fourth-order valence-electron chi connectivity index (χ4n) is 2.72. The Bertz CT molecular complexity index is 876. The van der Waals surface area contributed by atoms with Gasteiger partial charge in [0.1, 0.15) is 5.75 Å². The van der Waals surface area contributed by atoms with E-state index in [2.05, 4.69) is 34.3 Å². The lowest BCUT2D eigenvalue weighted by atomic mass is 9.93. The predicted octanol–water partition coefficient (Wildman–Crippen LogP) is 4.30. The van der Waals surface area contributed by atoms with Gasteiger partial charge < -0.3 is 15.8 Å².